The van der Waals surface area contributed by atoms with Crippen LogP contribution in [0.4, 0.5) is 5.82 Å². The van der Waals surface area contributed by atoms with Crippen LogP contribution in [0.5, 0.6) is 0 Å². The van der Waals surface area contributed by atoms with E-state index in [4.69, 9.17) is 0 Å². The summed E-state index contributed by atoms with van der Waals surface area (Å²) in [6.07, 6.45) is 6.96. The first-order chi connectivity index (χ1) is 12.5. The van der Waals surface area contributed by atoms with Gasteiger partial charge in [0.05, 0.1) is 23.6 Å². The molecule has 0 radical (unpaired) electrons. The highest BCUT2D eigenvalue weighted by Crippen LogP contribution is 2.24. The first kappa shape index (κ1) is 16.3. The minimum atomic E-state index is -0.263. The predicted octanol–water partition coefficient (Wildman–Crippen LogP) is 3.36. The molecule has 7 nitrogen and oxygen atoms in total. The Balaban J connectivity index is 1.67. The molecule has 8 heteroatoms. The number of nitrogens with one attached hydrogen (secondary N) is 1. The van der Waals surface area contributed by atoms with Crippen LogP contribution in [0.2, 0.25) is 0 Å². The van der Waals surface area contributed by atoms with Crippen molar-refractivity contribution in [1.82, 2.24) is 24.5 Å². The number of pyridine rings is 2. The minimum Gasteiger partial charge on any atom is -0.331 e. The van der Waals surface area contributed by atoms with Crippen molar-refractivity contribution in [3.05, 3.63) is 52.6 Å². The third kappa shape index (κ3) is 2.95. The number of fused-ring (bicyclic) bond motifs is 1. The summed E-state index contributed by atoms with van der Waals surface area (Å²) >= 11 is 1.35. The second kappa shape index (κ2) is 6.30. The maximum absolute atomic E-state index is 12.3. The van der Waals surface area contributed by atoms with E-state index in [1.54, 1.807) is 18.6 Å². The van der Waals surface area contributed by atoms with E-state index in [1.807, 2.05) is 43.8 Å². The number of hydrogen-bond donors (Lipinski definition) is 1. The van der Waals surface area contributed by atoms with Gasteiger partial charge in [-0.05, 0) is 26.0 Å². The number of thiazole rings is 1. The molecule has 0 aromatic carbocycles. The van der Waals surface area contributed by atoms with Gasteiger partial charge in [-0.2, -0.15) is 0 Å². The number of aryl methyl sites for hydroxylation is 2. The molecule has 4 heterocycles. The van der Waals surface area contributed by atoms with E-state index in [1.165, 1.54) is 11.3 Å². The average molecular weight is 364 g/mol. The van der Waals surface area contributed by atoms with E-state index in [0.29, 0.717) is 10.8 Å². The Kier molecular flexibility index (Phi) is 3.96. The molecule has 4 rings (SSSR count). The summed E-state index contributed by atoms with van der Waals surface area (Å²) in [4.78, 5) is 30.4. The molecule has 0 aliphatic heterocycles. The number of rotatable bonds is 3. The number of aromatic nitrogens is 5. The summed E-state index contributed by atoms with van der Waals surface area (Å²) in [5, 5.41) is 4.10. The molecule has 4 aromatic heterocycles. The smallest absolute Gasteiger partial charge is 0.285 e. The van der Waals surface area contributed by atoms with E-state index in [0.717, 1.165) is 32.9 Å². The maximum Gasteiger partial charge on any atom is 0.285 e. The van der Waals surface area contributed by atoms with Crippen LogP contribution >= 0.6 is 11.3 Å². The standard InChI is InChI=1S/C18H16N6OS/c1-10-6-22-18(26-10)17(25)23-16-5-12-4-13(7-20-14(12)8-21-16)15-9-19-11(2)24(15)3/h4-9H,1-3H3,(H,21,23,25). The number of carbonyl (C=O) groups is 1. The number of hydrogen-bond acceptors (Lipinski definition) is 6. The third-order valence-corrected chi connectivity index (χ3v) is 5.05. The van der Waals surface area contributed by atoms with Crippen molar-refractivity contribution in [2.45, 2.75) is 13.8 Å². The molecule has 0 bridgehead atoms. The van der Waals surface area contributed by atoms with Crippen LogP contribution in [0.25, 0.3) is 22.2 Å². The second-order valence-corrected chi connectivity index (χ2v) is 7.20. The molecule has 0 fully saturated rings. The number of amides is 1. The van der Waals surface area contributed by atoms with Gasteiger partial charge in [0.15, 0.2) is 5.01 Å². The van der Waals surface area contributed by atoms with E-state index in [2.05, 4.69) is 25.3 Å². The average Bonchev–Trinajstić information content (AvgIpc) is 3.21. The Labute approximate surface area is 153 Å². The predicted molar refractivity (Wildman–Crippen MR) is 101 cm³/mol. The molecule has 0 atom stereocenters. The maximum atomic E-state index is 12.3. The molecule has 4 aromatic rings. The van der Waals surface area contributed by atoms with Gasteiger partial charge in [-0.25, -0.2) is 15.0 Å². The topological polar surface area (TPSA) is 85.6 Å². The molecular weight excluding hydrogens is 348 g/mol. The quantitative estimate of drug-likeness (QED) is 0.602. The van der Waals surface area contributed by atoms with Crippen LogP contribution in [-0.4, -0.2) is 30.4 Å². The zero-order chi connectivity index (χ0) is 18.3. The van der Waals surface area contributed by atoms with Gasteiger partial charge in [0.2, 0.25) is 0 Å². The van der Waals surface area contributed by atoms with Crippen molar-refractivity contribution in [2.75, 3.05) is 5.32 Å². The molecule has 130 valence electrons. The van der Waals surface area contributed by atoms with Crippen molar-refractivity contribution in [1.29, 1.82) is 0 Å². The molecule has 0 aliphatic carbocycles. The lowest BCUT2D eigenvalue weighted by Gasteiger charge is -2.07. The minimum absolute atomic E-state index is 0.263. The van der Waals surface area contributed by atoms with E-state index >= 15 is 0 Å². The summed E-state index contributed by atoms with van der Waals surface area (Å²) in [6, 6.07) is 3.83. The summed E-state index contributed by atoms with van der Waals surface area (Å²) in [7, 11) is 1.97. The van der Waals surface area contributed by atoms with E-state index in [-0.39, 0.29) is 5.91 Å². The van der Waals surface area contributed by atoms with Crippen molar-refractivity contribution in [2.24, 2.45) is 7.05 Å². The van der Waals surface area contributed by atoms with Crippen LogP contribution in [0.1, 0.15) is 20.5 Å². The number of carbonyl (C=O) groups excluding carboxylic acids is 1. The second-order valence-electron chi connectivity index (χ2n) is 5.97. The molecule has 0 saturated carbocycles. The van der Waals surface area contributed by atoms with Crippen molar-refractivity contribution in [3.63, 3.8) is 0 Å². The molecule has 1 amide bonds. The monoisotopic (exact) mass is 364 g/mol. The zero-order valence-electron chi connectivity index (χ0n) is 14.5. The van der Waals surface area contributed by atoms with Crippen molar-refractivity contribution < 1.29 is 4.79 Å². The zero-order valence-corrected chi connectivity index (χ0v) is 15.3. The fourth-order valence-electron chi connectivity index (χ4n) is 2.64. The molecule has 0 saturated heterocycles. The fourth-order valence-corrected chi connectivity index (χ4v) is 3.30. The Hall–Kier alpha value is -3.13. The lowest BCUT2D eigenvalue weighted by Crippen LogP contribution is -2.12. The lowest BCUT2D eigenvalue weighted by molar-refractivity contribution is 0.102. The van der Waals surface area contributed by atoms with Gasteiger partial charge < -0.3 is 9.88 Å². The fraction of sp³-hybridized carbons (Fsp3) is 0.167. The first-order valence-electron chi connectivity index (χ1n) is 7.99. The highest BCUT2D eigenvalue weighted by molar-refractivity contribution is 7.13. The number of anilines is 1. The number of imidazole rings is 1. The lowest BCUT2D eigenvalue weighted by atomic mass is 10.1. The van der Waals surface area contributed by atoms with Crippen LogP contribution in [0, 0.1) is 13.8 Å². The largest absolute Gasteiger partial charge is 0.331 e. The highest BCUT2D eigenvalue weighted by Gasteiger charge is 2.12. The summed E-state index contributed by atoms with van der Waals surface area (Å²) in [5.41, 5.74) is 2.70. The Morgan fingerprint density at radius 1 is 1.04 bits per heavy atom. The van der Waals surface area contributed by atoms with Gasteiger partial charge in [0.1, 0.15) is 11.6 Å². The molecular formula is C18H16N6OS. The molecule has 0 unspecified atom stereocenters. The highest BCUT2D eigenvalue weighted by atomic mass is 32.1. The summed E-state index contributed by atoms with van der Waals surface area (Å²) < 4.78 is 2.01. The van der Waals surface area contributed by atoms with Gasteiger partial charge in [0.25, 0.3) is 5.91 Å². The van der Waals surface area contributed by atoms with Crippen LogP contribution in [0.3, 0.4) is 0 Å². The van der Waals surface area contributed by atoms with Gasteiger partial charge in [-0.15, -0.1) is 11.3 Å². The van der Waals surface area contributed by atoms with Crippen LogP contribution in [0.15, 0.2) is 36.9 Å². The molecule has 1 N–H and O–H groups in total. The van der Waals surface area contributed by atoms with Gasteiger partial charge >= 0.3 is 0 Å². The van der Waals surface area contributed by atoms with Gasteiger partial charge in [0, 0.05) is 35.3 Å². The van der Waals surface area contributed by atoms with Crippen molar-refractivity contribution in [3.8, 4) is 11.3 Å². The Morgan fingerprint density at radius 3 is 2.58 bits per heavy atom. The Bertz CT molecular complexity index is 1130. The van der Waals surface area contributed by atoms with Crippen LogP contribution in [-0.2, 0) is 7.05 Å². The summed E-state index contributed by atoms with van der Waals surface area (Å²) in [5.74, 6) is 1.14. The summed E-state index contributed by atoms with van der Waals surface area (Å²) in [6.45, 7) is 3.87. The Morgan fingerprint density at radius 2 is 1.88 bits per heavy atom. The third-order valence-electron chi connectivity index (χ3n) is 4.14. The SMILES string of the molecule is Cc1cnc(C(=O)Nc2cc3cc(-c4cnc(C)n4C)cnc3cn2)s1. The van der Waals surface area contributed by atoms with Gasteiger partial charge in [-0.3, -0.25) is 9.78 Å². The van der Waals surface area contributed by atoms with E-state index in [9.17, 15) is 4.79 Å². The van der Waals surface area contributed by atoms with Gasteiger partial charge in [-0.1, -0.05) is 0 Å². The number of nitrogens with zero attached hydrogens (tertiary/aromatic N) is 5. The van der Waals surface area contributed by atoms with Crippen LogP contribution < -0.4 is 5.32 Å². The van der Waals surface area contributed by atoms with Crippen molar-refractivity contribution >= 4 is 34.0 Å². The normalized spacial score (nSPS) is 11.0. The van der Waals surface area contributed by atoms with E-state index < -0.39 is 0 Å². The first-order valence-corrected chi connectivity index (χ1v) is 8.81. The molecule has 0 aliphatic rings. The molecule has 26 heavy (non-hydrogen) atoms. The molecule has 0 spiro atoms.